The predicted octanol–water partition coefficient (Wildman–Crippen LogP) is 0.801. The third kappa shape index (κ3) is 3.17. The van der Waals surface area contributed by atoms with E-state index in [1.807, 2.05) is 44.2 Å². The molecule has 22 heavy (non-hydrogen) atoms. The molecule has 0 bridgehead atoms. The summed E-state index contributed by atoms with van der Waals surface area (Å²) in [5, 5.41) is 19.1. The number of hydrogen-bond donors (Lipinski definition) is 2. The zero-order valence-corrected chi connectivity index (χ0v) is 12.7. The molecular weight excluding hydrogens is 289 g/mol. The van der Waals surface area contributed by atoms with Crippen LogP contribution in [0.25, 0.3) is 0 Å². The second-order valence-corrected chi connectivity index (χ2v) is 6.08. The maximum absolute atomic E-state index is 9.91. The summed E-state index contributed by atoms with van der Waals surface area (Å²) in [6.07, 6.45) is -3.23. The van der Waals surface area contributed by atoms with Crippen LogP contribution in [0, 0.1) is 0 Å². The van der Waals surface area contributed by atoms with Gasteiger partial charge < -0.3 is 29.2 Å². The van der Waals surface area contributed by atoms with Gasteiger partial charge in [-0.2, -0.15) is 0 Å². The molecule has 0 unspecified atom stereocenters. The van der Waals surface area contributed by atoms with Crippen molar-refractivity contribution in [1.29, 1.82) is 0 Å². The first-order chi connectivity index (χ1) is 10.5. The fourth-order valence-electron chi connectivity index (χ4n) is 2.89. The van der Waals surface area contributed by atoms with Gasteiger partial charge >= 0.3 is 0 Å². The smallest absolute Gasteiger partial charge is 0.187 e. The first kappa shape index (κ1) is 15.9. The SMILES string of the molecule is CC1(C)O[C@@H]2[C@H](O1)[C@@H](OCc1ccccc1)O[C@@H]2[C@H](O)[13CH2]O. The maximum Gasteiger partial charge on any atom is 0.187 e. The highest BCUT2D eigenvalue weighted by molar-refractivity contribution is 5.13. The molecule has 0 aromatic heterocycles. The lowest BCUT2D eigenvalue weighted by Crippen LogP contribution is -2.40. The van der Waals surface area contributed by atoms with Crippen LogP contribution in [0.15, 0.2) is 30.3 Å². The van der Waals surface area contributed by atoms with Crippen LogP contribution in [-0.2, 0) is 25.6 Å². The lowest BCUT2D eigenvalue weighted by Gasteiger charge is -2.25. The molecule has 2 N–H and O–H groups in total. The molecule has 0 spiro atoms. The van der Waals surface area contributed by atoms with E-state index in [2.05, 4.69) is 0 Å². The van der Waals surface area contributed by atoms with Crippen molar-refractivity contribution < 1.29 is 29.2 Å². The minimum Gasteiger partial charge on any atom is -0.394 e. The molecule has 0 aliphatic carbocycles. The number of hydrogen-bond acceptors (Lipinski definition) is 6. The summed E-state index contributed by atoms with van der Waals surface area (Å²) in [4.78, 5) is 0. The van der Waals surface area contributed by atoms with Gasteiger partial charge in [0.2, 0.25) is 0 Å². The van der Waals surface area contributed by atoms with E-state index in [4.69, 9.17) is 18.9 Å². The van der Waals surface area contributed by atoms with Crippen LogP contribution in [0.2, 0.25) is 0 Å². The summed E-state index contributed by atoms with van der Waals surface area (Å²) < 4.78 is 23.1. The van der Waals surface area contributed by atoms with E-state index in [1.54, 1.807) is 0 Å². The largest absolute Gasteiger partial charge is 0.394 e. The van der Waals surface area contributed by atoms with E-state index >= 15 is 0 Å². The molecule has 1 aromatic rings. The highest BCUT2D eigenvalue weighted by Gasteiger charge is 2.57. The standard InChI is InChI=1S/C16H22O6/c1-16(2)21-13-12(11(18)8-17)20-15(14(13)22-16)19-9-10-6-4-3-5-7-10/h3-7,11-15,17-18H,8-9H2,1-2H3/t11-,12-,13+,14+,15+/m1/s1/i8+1. The Morgan fingerprint density at radius 2 is 1.86 bits per heavy atom. The van der Waals surface area contributed by atoms with Gasteiger partial charge in [0, 0.05) is 0 Å². The molecule has 0 saturated carbocycles. The Balaban J connectivity index is 1.69. The van der Waals surface area contributed by atoms with Crippen LogP contribution in [0.1, 0.15) is 19.4 Å². The Morgan fingerprint density at radius 1 is 1.18 bits per heavy atom. The molecule has 0 amide bonds. The van der Waals surface area contributed by atoms with E-state index in [0.29, 0.717) is 6.61 Å². The van der Waals surface area contributed by atoms with Gasteiger partial charge in [0.1, 0.15) is 24.4 Å². The highest BCUT2D eigenvalue weighted by Crippen LogP contribution is 2.40. The average Bonchev–Trinajstić information content (AvgIpc) is 2.99. The molecule has 2 heterocycles. The van der Waals surface area contributed by atoms with Gasteiger partial charge in [-0.15, -0.1) is 0 Å². The van der Waals surface area contributed by atoms with Gasteiger partial charge in [0.25, 0.3) is 0 Å². The molecule has 2 aliphatic heterocycles. The lowest BCUT2D eigenvalue weighted by molar-refractivity contribution is -0.247. The number of ether oxygens (including phenoxy) is 4. The van der Waals surface area contributed by atoms with Crippen molar-refractivity contribution in [3.05, 3.63) is 35.9 Å². The summed E-state index contributed by atoms with van der Waals surface area (Å²) in [5.41, 5.74) is 1.02. The highest BCUT2D eigenvalue weighted by atomic mass is 16.8. The Kier molecular flexibility index (Phi) is 4.49. The number of fused-ring (bicyclic) bond motifs is 1. The van der Waals surface area contributed by atoms with E-state index in [1.165, 1.54) is 0 Å². The third-order valence-corrected chi connectivity index (χ3v) is 3.87. The molecule has 2 aliphatic rings. The van der Waals surface area contributed by atoms with E-state index in [9.17, 15) is 10.2 Å². The van der Waals surface area contributed by atoms with E-state index in [0.717, 1.165) is 5.56 Å². The second kappa shape index (κ2) is 6.23. The van der Waals surface area contributed by atoms with Crippen LogP contribution in [0.4, 0.5) is 0 Å². The normalized spacial score (nSPS) is 34.5. The molecule has 2 saturated heterocycles. The van der Waals surface area contributed by atoms with Crippen molar-refractivity contribution >= 4 is 0 Å². The van der Waals surface area contributed by atoms with Gasteiger partial charge in [0.05, 0.1) is 13.2 Å². The zero-order chi connectivity index (χ0) is 15.7. The van der Waals surface area contributed by atoms with Gasteiger partial charge in [-0.05, 0) is 19.4 Å². The van der Waals surface area contributed by atoms with Crippen molar-refractivity contribution in [2.24, 2.45) is 0 Å². The lowest BCUT2D eigenvalue weighted by atomic mass is 10.1. The molecular formula is C16H22O6. The zero-order valence-electron chi connectivity index (χ0n) is 12.7. The molecule has 3 rings (SSSR count). The third-order valence-electron chi connectivity index (χ3n) is 3.87. The topological polar surface area (TPSA) is 77.4 Å². The van der Waals surface area contributed by atoms with Gasteiger partial charge in [-0.25, -0.2) is 0 Å². The Hall–Kier alpha value is -1.02. The fourth-order valence-corrected chi connectivity index (χ4v) is 2.89. The summed E-state index contributed by atoms with van der Waals surface area (Å²) in [5.74, 6) is -0.763. The van der Waals surface area contributed by atoms with Crippen LogP contribution in [-0.4, -0.2) is 53.3 Å². The minimum atomic E-state index is -1.03. The van der Waals surface area contributed by atoms with Crippen molar-refractivity contribution in [2.45, 2.75) is 56.9 Å². The molecule has 6 nitrogen and oxygen atoms in total. The second-order valence-electron chi connectivity index (χ2n) is 6.08. The van der Waals surface area contributed by atoms with E-state index in [-0.39, 0.29) is 0 Å². The molecule has 1 aromatic carbocycles. The fraction of sp³-hybridized carbons (Fsp3) is 0.625. The molecule has 0 radical (unpaired) electrons. The molecule has 2 fully saturated rings. The van der Waals surface area contributed by atoms with Gasteiger partial charge in [-0.1, -0.05) is 30.3 Å². The molecule has 5 atom stereocenters. The number of benzene rings is 1. The van der Waals surface area contributed by atoms with Crippen molar-refractivity contribution in [1.82, 2.24) is 0 Å². The maximum atomic E-state index is 9.91. The molecule has 122 valence electrons. The minimum absolute atomic E-state index is 0.375. The summed E-state index contributed by atoms with van der Waals surface area (Å²) in [7, 11) is 0. The quantitative estimate of drug-likeness (QED) is 0.783. The van der Waals surface area contributed by atoms with E-state index < -0.39 is 43.1 Å². The molecule has 6 heteroatoms. The Morgan fingerprint density at radius 3 is 2.55 bits per heavy atom. The first-order valence-electron chi connectivity index (χ1n) is 7.46. The Labute approximate surface area is 129 Å². The van der Waals surface area contributed by atoms with Crippen molar-refractivity contribution in [3.8, 4) is 0 Å². The van der Waals surface area contributed by atoms with Gasteiger partial charge in [-0.3, -0.25) is 0 Å². The summed E-state index contributed by atoms with van der Waals surface area (Å²) >= 11 is 0. The number of aliphatic hydroxyl groups excluding tert-OH is 2. The average molecular weight is 311 g/mol. The first-order valence-corrected chi connectivity index (χ1v) is 7.46. The van der Waals surface area contributed by atoms with Crippen molar-refractivity contribution in [2.75, 3.05) is 6.61 Å². The van der Waals surface area contributed by atoms with Crippen molar-refractivity contribution in [3.63, 3.8) is 0 Å². The van der Waals surface area contributed by atoms with Gasteiger partial charge in [0.15, 0.2) is 12.1 Å². The van der Waals surface area contributed by atoms with Crippen LogP contribution in [0.5, 0.6) is 0 Å². The summed E-state index contributed by atoms with van der Waals surface area (Å²) in [6.45, 7) is 3.59. The number of aliphatic hydroxyl groups is 2. The van der Waals surface area contributed by atoms with Crippen LogP contribution >= 0.6 is 0 Å². The summed E-state index contributed by atoms with van der Waals surface area (Å²) in [6, 6.07) is 9.74. The number of rotatable bonds is 5. The van der Waals surface area contributed by atoms with Crippen LogP contribution < -0.4 is 0 Å². The Bertz CT molecular complexity index is 491. The van der Waals surface area contributed by atoms with Crippen LogP contribution in [0.3, 0.4) is 0 Å². The monoisotopic (exact) mass is 311 g/mol. The predicted molar refractivity (Wildman–Crippen MR) is 76.8 cm³/mol.